The van der Waals surface area contributed by atoms with Gasteiger partial charge in [-0.1, -0.05) is 19.8 Å². The number of hydrogen-bond acceptors (Lipinski definition) is 2. The lowest BCUT2D eigenvalue weighted by Crippen LogP contribution is -2.42. The van der Waals surface area contributed by atoms with Crippen LogP contribution >= 0.6 is 24.0 Å². The molecule has 1 saturated carbocycles. The molecule has 2 aliphatic rings. The molecule has 1 saturated heterocycles. The van der Waals surface area contributed by atoms with Gasteiger partial charge in [0.15, 0.2) is 5.96 Å². The van der Waals surface area contributed by atoms with Crippen molar-refractivity contribution in [3.8, 4) is 0 Å². The summed E-state index contributed by atoms with van der Waals surface area (Å²) in [5.74, 6) is 2.68. The highest BCUT2D eigenvalue weighted by atomic mass is 127. The first-order chi connectivity index (χ1) is 11.1. The summed E-state index contributed by atoms with van der Waals surface area (Å²) in [5, 5.41) is 3.33. The molecule has 0 radical (unpaired) electrons. The molecule has 1 amide bonds. The van der Waals surface area contributed by atoms with Crippen molar-refractivity contribution in [3.63, 3.8) is 0 Å². The summed E-state index contributed by atoms with van der Waals surface area (Å²) < 4.78 is 0. The van der Waals surface area contributed by atoms with Crippen molar-refractivity contribution < 1.29 is 4.79 Å². The van der Waals surface area contributed by atoms with Gasteiger partial charge in [-0.05, 0) is 44.4 Å². The Hall–Kier alpha value is -0.530. The van der Waals surface area contributed by atoms with Crippen LogP contribution in [0.15, 0.2) is 4.99 Å². The molecule has 0 bridgehead atoms. The summed E-state index contributed by atoms with van der Waals surface area (Å²) >= 11 is 0. The SMILES string of the molecule is CCNC(=NCC(=O)N1CCCC1)N(C)CC1CCC(C)CC1.I. The van der Waals surface area contributed by atoms with Gasteiger partial charge in [0.2, 0.25) is 5.91 Å². The van der Waals surface area contributed by atoms with Gasteiger partial charge < -0.3 is 15.1 Å². The van der Waals surface area contributed by atoms with Crippen LogP contribution in [0.1, 0.15) is 52.4 Å². The molecular weight excluding hydrogens is 415 g/mol. The Morgan fingerprint density at radius 3 is 2.42 bits per heavy atom. The monoisotopic (exact) mass is 450 g/mol. The molecule has 2 rings (SSSR count). The number of carbonyl (C=O) groups is 1. The summed E-state index contributed by atoms with van der Waals surface area (Å²) in [6, 6.07) is 0. The quantitative estimate of drug-likeness (QED) is 0.398. The van der Waals surface area contributed by atoms with Crippen molar-refractivity contribution in [2.45, 2.75) is 52.4 Å². The number of halogens is 1. The van der Waals surface area contributed by atoms with Gasteiger partial charge in [-0.2, -0.15) is 0 Å². The summed E-state index contributed by atoms with van der Waals surface area (Å²) in [6.07, 6.45) is 7.60. The molecule has 0 aromatic heterocycles. The van der Waals surface area contributed by atoms with E-state index in [1.54, 1.807) is 0 Å². The number of carbonyl (C=O) groups excluding carboxylic acids is 1. The summed E-state index contributed by atoms with van der Waals surface area (Å²) in [7, 11) is 2.10. The Balaban J connectivity index is 0.00000288. The zero-order valence-electron chi connectivity index (χ0n) is 15.6. The van der Waals surface area contributed by atoms with Gasteiger partial charge in [0.25, 0.3) is 0 Å². The van der Waals surface area contributed by atoms with Crippen LogP contribution in [0.25, 0.3) is 0 Å². The molecule has 0 spiro atoms. The number of amides is 1. The van der Waals surface area contributed by atoms with Crippen molar-refractivity contribution in [3.05, 3.63) is 0 Å². The largest absolute Gasteiger partial charge is 0.357 e. The maximum Gasteiger partial charge on any atom is 0.244 e. The Bertz CT molecular complexity index is 402. The number of rotatable bonds is 5. The second-order valence-corrected chi connectivity index (χ2v) is 7.26. The smallest absolute Gasteiger partial charge is 0.244 e. The van der Waals surface area contributed by atoms with Crippen molar-refractivity contribution in [1.82, 2.24) is 15.1 Å². The molecule has 0 aromatic rings. The van der Waals surface area contributed by atoms with Crippen LogP contribution in [-0.2, 0) is 4.79 Å². The van der Waals surface area contributed by atoms with E-state index in [0.29, 0.717) is 0 Å². The molecule has 5 nitrogen and oxygen atoms in total. The molecule has 140 valence electrons. The fourth-order valence-electron chi connectivity index (χ4n) is 3.66. The summed E-state index contributed by atoms with van der Waals surface area (Å²) in [5.41, 5.74) is 0. The van der Waals surface area contributed by atoms with Gasteiger partial charge in [-0.15, -0.1) is 24.0 Å². The predicted octanol–water partition coefficient (Wildman–Crippen LogP) is 2.95. The second kappa shape index (κ2) is 11.2. The molecular formula is C18H35IN4O. The third kappa shape index (κ3) is 6.76. The van der Waals surface area contributed by atoms with Gasteiger partial charge in [-0.25, -0.2) is 4.99 Å². The average molecular weight is 450 g/mol. The van der Waals surface area contributed by atoms with E-state index in [9.17, 15) is 4.79 Å². The maximum atomic E-state index is 12.2. The molecule has 2 fully saturated rings. The van der Waals surface area contributed by atoms with Crippen molar-refractivity contribution in [2.75, 3.05) is 39.8 Å². The molecule has 1 N–H and O–H groups in total. The number of nitrogens with zero attached hydrogens (tertiary/aromatic N) is 3. The molecule has 0 unspecified atom stereocenters. The molecule has 1 aliphatic heterocycles. The van der Waals surface area contributed by atoms with Crippen LogP contribution in [0.2, 0.25) is 0 Å². The van der Waals surface area contributed by atoms with Crippen LogP contribution in [0.5, 0.6) is 0 Å². The zero-order valence-corrected chi connectivity index (χ0v) is 17.9. The van der Waals surface area contributed by atoms with Gasteiger partial charge in [0, 0.05) is 33.2 Å². The third-order valence-corrected chi connectivity index (χ3v) is 5.19. The molecule has 1 aliphatic carbocycles. The lowest BCUT2D eigenvalue weighted by Gasteiger charge is -2.31. The van der Waals surface area contributed by atoms with Gasteiger partial charge in [-0.3, -0.25) is 4.79 Å². The molecule has 0 aromatic carbocycles. The maximum absolute atomic E-state index is 12.2. The van der Waals surface area contributed by atoms with E-state index in [1.165, 1.54) is 25.7 Å². The van der Waals surface area contributed by atoms with Gasteiger partial charge >= 0.3 is 0 Å². The molecule has 24 heavy (non-hydrogen) atoms. The standard InChI is InChI=1S/C18H34N4O.HI/c1-4-19-18(20-13-17(23)22-11-5-6-12-22)21(3)14-16-9-7-15(2)8-10-16;/h15-16H,4-14H2,1-3H3,(H,19,20);1H. The minimum Gasteiger partial charge on any atom is -0.357 e. The number of aliphatic imine (C=N–C) groups is 1. The topological polar surface area (TPSA) is 47.9 Å². The molecule has 0 atom stereocenters. The van der Waals surface area contributed by atoms with Crippen LogP contribution < -0.4 is 5.32 Å². The van der Waals surface area contributed by atoms with Gasteiger partial charge in [0.1, 0.15) is 6.54 Å². The summed E-state index contributed by atoms with van der Waals surface area (Å²) in [6.45, 7) is 8.39. The van der Waals surface area contributed by atoms with E-state index in [2.05, 4.69) is 36.1 Å². The highest BCUT2D eigenvalue weighted by Gasteiger charge is 2.21. The Labute approximate surface area is 164 Å². The van der Waals surface area contributed by atoms with Crippen LogP contribution in [0.3, 0.4) is 0 Å². The molecule has 1 heterocycles. The first-order valence-electron chi connectivity index (χ1n) is 9.37. The fourth-order valence-corrected chi connectivity index (χ4v) is 3.66. The fraction of sp³-hybridized carbons (Fsp3) is 0.889. The predicted molar refractivity (Wildman–Crippen MR) is 111 cm³/mol. The number of guanidine groups is 1. The number of likely N-dealkylation sites (tertiary alicyclic amines) is 1. The zero-order chi connectivity index (χ0) is 16.7. The third-order valence-electron chi connectivity index (χ3n) is 5.19. The van der Waals surface area contributed by atoms with E-state index in [1.807, 2.05) is 4.90 Å². The first-order valence-corrected chi connectivity index (χ1v) is 9.37. The normalized spacial score (nSPS) is 24.5. The van der Waals surface area contributed by atoms with Crippen LogP contribution in [0.4, 0.5) is 0 Å². The Kier molecular flexibility index (Phi) is 10.0. The number of hydrogen-bond donors (Lipinski definition) is 1. The van der Waals surface area contributed by atoms with Gasteiger partial charge in [0.05, 0.1) is 0 Å². The van der Waals surface area contributed by atoms with Crippen molar-refractivity contribution in [2.24, 2.45) is 16.8 Å². The minimum absolute atomic E-state index is 0. The number of nitrogens with one attached hydrogen (secondary N) is 1. The van der Waals surface area contributed by atoms with E-state index in [4.69, 9.17) is 0 Å². The van der Waals surface area contributed by atoms with Crippen molar-refractivity contribution in [1.29, 1.82) is 0 Å². The average Bonchev–Trinajstić information content (AvgIpc) is 3.07. The first kappa shape index (κ1) is 21.5. The Morgan fingerprint density at radius 1 is 1.21 bits per heavy atom. The lowest BCUT2D eigenvalue weighted by molar-refractivity contribution is -0.128. The van der Waals surface area contributed by atoms with E-state index < -0.39 is 0 Å². The lowest BCUT2D eigenvalue weighted by atomic mass is 9.83. The van der Waals surface area contributed by atoms with Crippen LogP contribution in [-0.4, -0.2) is 61.4 Å². The van der Waals surface area contributed by atoms with E-state index in [0.717, 1.165) is 56.8 Å². The Morgan fingerprint density at radius 2 is 1.83 bits per heavy atom. The van der Waals surface area contributed by atoms with E-state index >= 15 is 0 Å². The van der Waals surface area contributed by atoms with E-state index in [-0.39, 0.29) is 36.4 Å². The molecule has 6 heteroatoms. The second-order valence-electron chi connectivity index (χ2n) is 7.26. The minimum atomic E-state index is 0. The highest BCUT2D eigenvalue weighted by molar-refractivity contribution is 14.0. The van der Waals surface area contributed by atoms with Crippen LogP contribution in [0, 0.1) is 11.8 Å². The van der Waals surface area contributed by atoms with Crippen molar-refractivity contribution >= 4 is 35.8 Å². The highest BCUT2D eigenvalue weighted by Crippen LogP contribution is 2.28. The summed E-state index contributed by atoms with van der Waals surface area (Å²) in [4.78, 5) is 20.9.